The van der Waals surface area contributed by atoms with Gasteiger partial charge in [-0.2, -0.15) is 0 Å². The van der Waals surface area contributed by atoms with E-state index < -0.39 is 5.97 Å². The summed E-state index contributed by atoms with van der Waals surface area (Å²) in [5, 5.41) is 0. The van der Waals surface area contributed by atoms with Crippen LogP contribution in [0.1, 0.15) is 30.1 Å². The molecule has 110 valence electrons. The Kier molecular flexibility index (Phi) is 4.13. The van der Waals surface area contributed by atoms with Crippen molar-refractivity contribution in [2.45, 2.75) is 25.4 Å². The van der Waals surface area contributed by atoms with Gasteiger partial charge in [-0.25, -0.2) is 9.78 Å². The van der Waals surface area contributed by atoms with E-state index in [0.29, 0.717) is 23.6 Å². The van der Waals surface area contributed by atoms with E-state index in [1.807, 2.05) is 0 Å². The monoisotopic (exact) mass is 279 g/mol. The Bertz CT molecular complexity index is 506. The first kappa shape index (κ1) is 14.6. The van der Waals surface area contributed by atoms with Crippen molar-refractivity contribution in [1.82, 2.24) is 4.98 Å². The second-order valence-electron chi connectivity index (χ2n) is 5.31. The molecule has 20 heavy (non-hydrogen) atoms. The molecule has 0 spiro atoms. The molecule has 0 bridgehead atoms. The van der Waals surface area contributed by atoms with E-state index in [-0.39, 0.29) is 5.60 Å². The van der Waals surface area contributed by atoms with E-state index >= 15 is 0 Å². The van der Waals surface area contributed by atoms with Gasteiger partial charge in [0.15, 0.2) is 0 Å². The molecular weight excluding hydrogens is 258 g/mol. The molecule has 1 aliphatic heterocycles. The van der Waals surface area contributed by atoms with Crippen LogP contribution in [0.15, 0.2) is 12.3 Å². The number of pyridine rings is 1. The fraction of sp³-hybridized carbons (Fsp3) is 0.571. The van der Waals surface area contributed by atoms with Crippen LogP contribution in [-0.2, 0) is 9.47 Å². The van der Waals surface area contributed by atoms with Crippen molar-refractivity contribution < 1.29 is 14.3 Å². The molecular formula is C14H21N3O3. The third kappa shape index (κ3) is 2.85. The van der Waals surface area contributed by atoms with Crippen LogP contribution in [0, 0.1) is 0 Å². The van der Waals surface area contributed by atoms with Gasteiger partial charge in [-0.3, -0.25) is 0 Å². The Balaban J connectivity index is 2.34. The fourth-order valence-electron chi connectivity index (χ4n) is 2.54. The van der Waals surface area contributed by atoms with Gasteiger partial charge in [0.1, 0.15) is 11.4 Å². The molecule has 1 fully saturated rings. The first-order chi connectivity index (χ1) is 9.49. The molecule has 1 aromatic rings. The third-order valence-electron chi connectivity index (χ3n) is 3.74. The molecule has 1 aliphatic rings. The smallest absolute Gasteiger partial charge is 0.341 e. The van der Waals surface area contributed by atoms with Gasteiger partial charge in [-0.1, -0.05) is 0 Å². The number of nitrogen functional groups attached to an aromatic ring is 1. The van der Waals surface area contributed by atoms with Crippen molar-refractivity contribution in [2.24, 2.45) is 0 Å². The Labute approximate surface area is 118 Å². The van der Waals surface area contributed by atoms with E-state index in [2.05, 4.69) is 16.8 Å². The van der Waals surface area contributed by atoms with Crippen LogP contribution >= 0.6 is 0 Å². The molecule has 0 aromatic carbocycles. The van der Waals surface area contributed by atoms with Crippen LogP contribution in [-0.4, -0.2) is 43.9 Å². The number of carbonyl (C=O) groups excluding carboxylic acids is 1. The average Bonchev–Trinajstić information content (AvgIpc) is 2.46. The Hall–Kier alpha value is -1.82. The molecule has 1 aromatic heterocycles. The maximum atomic E-state index is 11.9. The van der Waals surface area contributed by atoms with Gasteiger partial charge in [-0.15, -0.1) is 0 Å². The summed E-state index contributed by atoms with van der Waals surface area (Å²) in [5.74, 6) is 0.179. The molecule has 6 nitrogen and oxygen atoms in total. The lowest BCUT2D eigenvalue weighted by Crippen LogP contribution is -2.48. The zero-order chi connectivity index (χ0) is 14.8. The lowest BCUT2D eigenvalue weighted by molar-refractivity contribution is -0.00489. The van der Waals surface area contributed by atoms with E-state index in [1.165, 1.54) is 7.11 Å². The zero-order valence-corrected chi connectivity index (χ0v) is 12.2. The topological polar surface area (TPSA) is 77.7 Å². The summed E-state index contributed by atoms with van der Waals surface area (Å²) in [5.41, 5.74) is 6.33. The molecule has 1 saturated heterocycles. The molecule has 2 N–H and O–H groups in total. The molecule has 2 rings (SSSR count). The van der Waals surface area contributed by atoms with Gasteiger partial charge in [0.05, 0.1) is 24.6 Å². The highest BCUT2D eigenvalue weighted by molar-refractivity contribution is 5.95. The molecule has 2 heterocycles. The predicted octanol–water partition coefficient (Wildman–Crippen LogP) is 1.46. The van der Waals surface area contributed by atoms with Gasteiger partial charge in [0.2, 0.25) is 0 Å². The minimum Gasteiger partial charge on any atom is -0.465 e. The van der Waals surface area contributed by atoms with Gasteiger partial charge >= 0.3 is 5.97 Å². The molecule has 0 radical (unpaired) electrons. The van der Waals surface area contributed by atoms with Gasteiger partial charge in [0.25, 0.3) is 0 Å². The summed E-state index contributed by atoms with van der Waals surface area (Å²) in [6.07, 6.45) is 3.53. The van der Waals surface area contributed by atoms with Crippen LogP contribution in [0.2, 0.25) is 0 Å². The van der Waals surface area contributed by atoms with Gasteiger partial charge in [0, 0.05) is 20.2 Å². The highest BCUT2D eigenvalue weighted by atomic mass is 16.5. The average molecular weight is 279 g/mol. The minimum absolute atomic E-state index is 0.227. The number of rotatable bonds is 3. The summed E-state index contributed by atoms with van der Waals surface area (Å²) in [6, 6.07) is 1.60. The molecule has 1 atom stereocenters. The van der Waals surface area contributed by atoms with Crippen LogP contribution in [0.3, 0.4) is 0 Å². The number of carbonyl (C=O) groups is 1. The minimum atomic E-state index is -0.426. The van der Waals surface area contributed by atoms with Crippen LogP contribution in [0.4, 0.5) is 11.5 Å². The quantitative estimate of drug-likeness (QED) is 0.844. The highest BCUT2D eigenvalue weighted by Gasteiger charge is 2.33. The molecule has 1 unspecified atom stereocenters. The fourth-order valence-corrected chi connectivity index (χ4v) is 2.54. The second-order valence-corrected chi connectivity index (χ2v) is 5.31. The summed E-state index contributed by atoms with van der Waals surface area (Å²) >= 11 is 0. The third-order valence-corrected chi connectivity index (χ3v) is 3.74. The molecule has 6 heteroatoms. The maximum Gasteiger partial charge on any atom is 0.341 e. The number of nitrogens with two attached hydrogens (primary N) is 1. The van der Waals surface area contributed by atoms with E-state index in [1.54, 1.807) is 19.4 Å². The van der Waals surface area contributed by atoms with E-state index in [4.69, 9.17) is 15.2 Å². The first-order valence-corrected chi connectivity index (χ1v) is 6.63. The van der Waals surface area contributed by atoms with Crippen molar-refractivity contribution >= 4 is 17.5 Å². The van der Waals surface area contributed by atoms with Crippen molar-refractivity contribution in [3.63, 3.8) is 0 Å². The number of nitrogens with zero attached hydrogens (tertiary/aromatic N) is 2. The largest absolute Gasteiger partial charge is 0.465 e. The summed E-state index contributed by atoms with van der Waals surface area (Å²) in [6.45, 7) is 3.58. The SMILES string of the molecule is COC(=O)c1cc(N)cnc1N1CCCC(C)(OC)C1. The molecule has 0 saturated carbocycles. The summed E-state index contributed by atoms with van der Waals surface area (Å²) in [7, 11) is 3.06. The lowest BCUT2D eigenvalue weighted by atomic mass is 9.94. The number of methoxy groups -OCH3 is 2. The zero-order valence-electron chi connectivity index (χ0n) is 12.2. The number of esters is 1. The van der Waals surface area contributed by atoms with Crippen molar-refractivity contribution in [1.29, 1.82) is 0 Å². The summed E-state index contributed by atoms with van der Waals surface area (Å²) < 4.78 is 10.4. The second kappa shape index (κ2) is 5.66. The standard InChI is InChI=1S/C14H21N3O3/c1-14(20-3)5-4-6-17(9-14)12-11(13(18)19-2)7-10(15)8-16-12/h7-8H,4-6,9,15H2,1-3H3. The summed E-state index contributed by atoms with van der Waals surface area (Å²) in [4.78, 5) is 18.3. The predicted molar refractivity (Wildman–Crippen MR) is 76.8 cm³/mol. The van der Waals surface area contributed by atoms with Crippen molar-refractivity contribution in [2.75, 3.05) is 37.9 Å². The van der Waals surface area contributed by atoms with Gasteiger partial charge < -0.3 is 20.1 Å². The van der Waals surface area contributed by atoms with Crippen molar-refractivity contribution in [3.05, 3.63) is 17.8 Å². The molecule has 0 amide bonds. The van der Waals surface area contributed by atoms with Crippen LogP contribution < -0.4 is 10.6 Å². The number of hydrogen-bond donors (Lipinski definition) is 1. The van der Waals surface area contributed by atoms with E-state index in [9.17, 15) is 4.79 Å². The van der Waals surface area contributed by atoms with E-state index in [0.717, 1.165) is 19.4 Å². The van der Waals surface area contributed by atoms with Gasteiger partial charge in [-0.05, 0) is 25.8 Å². The van der Waals surface area contributed by atoms with Crippen molar-refractivity contribution in [3.8, 4) is 0 Å². The van der Waals surface area contributed by atoms with Crippen LogP contribution in [0.25, 0.3) is 0 Å². The maximum absolute atomic E-state index is 11.9. The number of hydrogen-bond acceptors (Lipinski definition) is 6. The number of aromatic nitrogens is 1. The number of anilines is 2. The van der Waals surface area contributed by atoms with Crippen LogP contribution in [0.5, 0.6) is 0 Å². The lowest BCUT2D eigenvalue weighted by Gasteiger charge is -2.40. The Morgan fingerprint density at radius 3 is 2.90 bits per heavy atom. The highest BCUT2D eigenvalue weighted by Crippen LogP contribution is 2.29. The number of ether oxygens (including phenoxy) is 2. The Morgan fingerprint density at radius 2 is 2.25 bits per heavy atom. The first-order valence-electron chi connectivity index (χ1n) is 6.63. The normalized spacial score (nSPS) is 22.6. The Morgan fingerprint density at radius 1 is 1.50 bits per heavy atom. The number of piperidine rings is 1. The molecule has 0 aliphatic carbocycles.